The Morgan fingerprint density at radius 1 is 1.21 bits per heavy atom. The number of aromatic nitrogens is 1. The number of piperidine rings is 1. The SMILES string of the molecule is CC(C)(C)OC(=O)NCCCC1(CS(=O)(=O)N2CCC(Oc3ccc(Cl)cn3)CC2)NC(=O)NC1=O.O=C(O)C(F)(F)F. The van der Waals surface area contributed by atoms with Gasteiger partial charge in [-0.3, -0.25) is 10.1 Å². The molecule has 2 saturated heterocycles. The Hall–Kier alpha value is -3.38. The second-order valence-corrected chi connectivity index (χ2v) is 13.0. The van der Waals surface area contributed by atoms with Gasteiger partial charge in [0, 0.05) is 31.9 Å². The highest BCUT2D eigenvalue weighted by Gasteiger charge is 2.50. The van der Waals surface area contributed by atoms with E-state index in [1.54, 1.807) is 32.9 Å². The average molecular weight is 660 g/mol. The van der Waals surface area contributed by atoms with E-state index in [4.69, 9.17) is 31.0 Å². The zero-order chi connectivity index (χ0) is 32.6. The van der Waals surface area contributed by atoms with Crippen molar-refractivity contribution in [2.45, 2.75) is 69.9 Å². The van der Waals surface area contributed by atoms with Crippen LogP contribution in [0.25, 0.3) is 0 Å². The second-order valence-electron chi connectivity index (χ2n) is 10.6. The smallest absolute Gasteiger partial charge is 0.475 e. The first-order valence-electron chi connectivity index (χ1n) is 12.9. The Bertz CT molecular complexity index is 1270. The third-order valence-corrected chi connectivity index (χ3v) is 8.15. The number of ether oxygens (including phenoxy) is 2. The van der Waals surface area contributed by atoms with Gasteiger partial charge in [0.2, 0.25) is 15.9 Å². The molecule has 1 aromatic heterocycles. The molecule has 0 spiro atoms. The molecule has 2 fully saturated rings. The fraction of sp³-hybridized carbons (Fsp3) is 0.625. The van der Waals surface area contributed by atoms with E-state index in [1.807, 2.05) is 0 Å². The summed E-state index contributed by atoms with van der Waals surface area (Å²) < 4.78 is 70.5. The zero-order valence-corrected chi connectivity index (χ0v) is 25.1. The van der Waals surface area contributed by atoms with E-state index in [1.165, 1.54) is 10.5 Å². The van der Waals surface area contributed by atoms with Crippen LogP contribution in [0.1, 0.15) is 46.5 Å². The molecule has 0 radical (unpaired) electrons. The molecule has 242 valence electrons. The number of imide groups is 1. The topological polar surface area (TPSA) is 193 Å². The Balaban J connectivity index is 0.000000821. The zero-order valence-electron chi connectivity index (χ0n) is 23.5. The number of urea groups is 1. The van der Waals surface area contributed by atoms with Gasteiger partial charge in [0.1, 0.15) is 17.2 Å². The number of sulfonamides is 1. The first-order valence-corrected chi connectivity index (χ1v) is 14.9. The highest BCUT2D eigenvalue weighted by molar-refractivity contribution is 7.89. The van der Waals surface area contributed by atoms with Crippen LogP contribution >= 0.6 is 11.6 Å². The van der Waals surface area contributed by atoms with Crippen molar-refractivity contribution in [2.24, 2.45) is 0 Å². The maximum absolute atomic E-state index is 13.2. The van der Waals surface area contributed by atoms with Crippen molar-refractivity contribution >= 4 is 45.6 Å². The number of alkyl halides is 3. The van der Waals surface area contributed by atoms with Crippen LogP contribution in [0.15, 0.2) is 18.3 Å². The third-order valence-electron chi connectivity index (χ3n) is 5.92. The number of nitrogens with zero attached hydrogens (tertiary/aromatic N) is 2. The number of carboxylic acid groups (broad SMARTS) is 1. The Morgan fingerprint density at radius 2 is 1.81 bits per heavy atom. The van der Waals surface area contributed by atoms with Crippen LogP contribution in [0.3, 0.4) is 0 Å². The van der Waals surface area contributed by atoms with Gasteiger partial charge in [-0.2, -0.15) is 13.2 Å². The monoisotopic (exact) mass is 659 g/mol. The Morgan fingerprint density at radius 3 is 2.28 bits per heavy atom. The number of hydrogen-bond acceptors (Lipinski definition) is 9. The van der Waals surface area contributed by atoms with Crippen molar-refractivity contribution in [3.05, 3.63) is 23.4 Å². The number of carbonyl (C=O) groups is 4. The van der Waals surface area contributed by atoms with Crippen LogP contribution < -0.4 is 20.7 Å². The minimum Gasteiger partial charge on any atom is -0.475 e. The van der Waals surface area contributed by atoms with Crippen molar-refractivity contribution in [3.63, 3.8) is 0 Å². The normalized spacial score (nSPS) is 19.9. The molecule has 1 unspecified atom stereocenters. The third kappa shape index (κ3) is 11.7. The molecule has 2 aliphatic rings. The number of pyridine rings is 1. The fourth-order valence-corrected chi connectivity index (χ4v) is 6.04. The van der Waals surface area contributed by atoms with E-state index in [2.05, 4.69) is 20.9 Å². The predicted octanol–water partition coefficient (Wildman–Crippen LogP) is 2.42. The molecule has 0 aromatic carbocycles. The molecule has 0 aliphatic carbocycles. The van der Waals surface area contributed by atoms with Crippen LogP contribution in [-0.4, -0.2) is 95.6 Å². The lowest BCUT2D eigenvalue weighted by Crippen LogP contribution is -2.56. The van der Waals surface area contributed by atoms with Crippen LogP contribution in [-0.2, 0) is 24.3 Å². The summed E-state index contributed by atoms with van der Waals surface area (Å²) in [6.07, 6.45) is -3.31. The van der Waals surface area contributed by atoms with Crippen LogP contribution in [0.5, 0.6) is 5.88 Å². The molecular formula is C24H33ClF3N5O9S. The summed E-state index contributed by atoms with van der Waals surface area (Å²) in [5.41, 5.74) is -2.30. The molecule has 2 aliphatic heterocycles. The van der Waals surface area contributed by atoms with Crippen LogP contribution in [0, 0.1) is 0 Å². The average Bonchev–Trinajstić information content (AvgIpc) is 3.14. The summed E-state index contributed by atoms with van der Waals surface area (Å²) in [7, 11) is -3.90. The molecule has 14 nitrogen and oxygen atoms in total. The number of carboxylic acids is 1. The number of alkyl carbamates (subject to hydrolysis) is 1. The summed E-state index contributed by atoms with van der Waals surface area (Å²) in [4.78, 5) is 49.4. The number of carbonyl (C=O) groups excluding carboxylic acids is 3. The molecule has 3 heterocycles. The summed E-state index contributed by atoms with van der Waals surface area (Å²) in [6, 6.07) is 2.55. The van der Waals surface area contributed by atoms with Gasteiger partial charge in [-0.15, -0.1) is 0 Å². The lowest BCUT2D eigenvalue weighted by Gasteiger charge is -2.34. The Kier molecular flexibility index (Phi) is 12.0. The van der Waals surface area contributed by atoms with Gasteiger partial charge in [0.25, 0.3) is 5.91 Å². The summed E-state index contributed by atoms with van der Waals surface area (Å²) >= 11 is 5.83. The van der Waals surface area contributed by atoms with E-state index in [-0.39, 0.29) is 38.6 Å². The number of aliphatic carboxylic acids is 1. The summed E-state index contributed by atoms with van der Waals surface area (Å²) in [6.45, 7) is 5.73. The minimum atomic E-state index is -5.08. The standard InChI is InChI=1S/C22H32ClN5O7S.C2HF3O2/c1-21(2,3)35-20(31)24-10-4-9-22(18(29)26-19(30)27-22)14-36(32,33)28-11-7-16(8-12-28)34-17-6-5-15(23)13-25-17;3-2(4,5)1(6)7/h5-6,13,16H,4,7-12,14H2,1-3H3,(H,24,31)(H2,26,27,29,30);(H,6,7). The van der Waals surface area contributed by atoms with Crippen LogP contribution in [0.2, 0.25) is 5.02 Å². The molecular weight excluding hydrogens is 627 g/mol. The lowest BCUT2D eigenvalue weighted by atomic mass is 9.96. The van der Waals surface area contributed by atoms with E-state index < -0.39 is 57.1 Å². The molecule has 3 rings (SSSR count). The molecule has 19 heteroatoms. The van der Waals surface area contributed by atoms with E-state index in [0.29, 0.717) is 23.7 Å². The summed E-state index contributed by atoms with van der Waals surface area (Å²) in [5, 5.41) is 14.8. The largest absolute Gasteiger partial charge is 0.490 e. The predicted molar refractivity (Wildman–Crippen MR) is 145 cm³/mol. The maximum atomic E-state index is 13.2. The highest BCUT2D eigenvalue weighted by atomic mass is 35.5. The first-order chi connectivity index (χ1) is 19.7. The quantitative estimate of drug-likeness (QED) is 0.226. The van der Waals surface area contributed by atoms with Gasteiger partial charge >= 0.3 is 24.3 Å². The van der Waals surface area contributed by atoms with Crippen molar-refractivity contribution in [3.8, 4) is 5.88 Å². The van der Waals surface area contributed by atoms with Crippen molar-refractivity contribution < 1.29 is 55.3 Å². The number of amides is 4. The molecule has 1 atom stereocenters. The van der Waals surface area contributed by atoms with Gasteiger partial charge in [-0.05, 0) is 52.5 Å². The molecule has 4 N–H and O–H groups in total. The van der Waals surface area contributed by atoms with Gasteiger partial charge in [-0.1, -0.05) is 11.6 Å². The lowest BCUT2D eigenvalue weighted by molar-refractivity contribution is -0.192. The van der Waals surface area contributed by atoms with Gasteiger partial charge in [0.05, 0.1) is 10.8 Å². The minimum absolute atomic E-state index is 0.0153. The molecule has 0 saturated carbocycles. The fourth-order valence-electron chi connectivity index (χ4n) is 4.01. The highest BCUT2D eigenvalue weighted by Crippen LogP contribution is 2.25. The maximum Gasteiger partial charge on any atom is 0.490 e. The van der Waals surface area contributed by atoms with Crippen molar-refractivity contribution in [1.82, 2.24) is 25.2 Å². The summed E-state index contributed by atoms with van der Waals surface area (Å²) in [5.74, 6) is -3.65. The van der Waals surface area contributed by atoms with Gasteiger partial charge in [0.15, 0.2) is 0 Å². The van der Waals surface area contributed by atoms with Crippen molar-refractivity contribution in [1.29, 1.82) is 0 Å². The van der Waals surface area contributed by atoms with E-state index in [0.717, 1.165) is 0 Å². The number of rotatable bonds is 9. The van der Waals surface area contributed by atoms with Gasteiger partial charge in [-0.25, -0.2) is 32.1 Å². The molecule has 1 aromatic rings. The van der Waals surface area contributed by atoms with E-state index in [9.17, 15) is 36.0 Å². The second kappa shape index (κ2) is 14.4. The van der Waals surface area contributed by atoms with Gasteiger partial charge < -0.3 is 25.2 Å². The number of hydrogen-bond donors (Lipinski definition) is 4. The molecule has 43 heavy (non-hydrogen) atoms. The molecule has 0 bridgehead atoms. The number of nitrogens with one attached hydrogen (secondary N) is 3. The Labute approximate surface area is 250 Å². The van der Waals surface area contributed by atoms with E-state index >= 15 is 0 Å². The van der Waals surface area contributed by atoms with Crippen molar-refractivity contribution in [2.75, 3.05) is 25.4 Å². The number of halogens is 4. The van der Waals surface area contributed by atoms with Crippen LogP contribution in [0.4, 0.5) is 22.8 Å². The first kappa shape index (κ1) is 35.8. The molecule has 4 amide bonds.